The number of nitrogens with one attached hydrogen (secondary N) is 2. The van der Waals surface area contributed by atoms with Crippen LogP contribution in [-0.4, -0.2) is 31.1 Å². The Hall–Kier alpha value is -3.55. The van der Waals surface area contributed by atoms with Crippen molar-refractivity contribution in [1.82, 2.24) is 25.2 Å². The molecule has 0 saturated carbocycles. The van der Waals surface area contributed by atoms with Gasteiger partial charge in [-0.2, -0.15) is 5.10 Å². The fourth-order valence-electron chi connectivity index (χ4n) is 3.15. The van der Waals surface area contributed by atoms with E-state index in [0.717, 1.165) is 30.2 Å². The minimum atomic E-state index is -0.131. The van der Waals surface area contributed by atoms with E-state index >= 15 is 0 Å². The molecule has 0 saturated heterocycles. The molecule has 0 fully saturated rings. The first-order valence-electron chi connectivity index (χ1n) is 9.28. The molecule has 28 heavy (non-hydrogen) atoms. The quantitative estimate of drug-likeness (QED) is 0.483. The highest BCUT2D eigenvalue weighted by atomic mass is 16.1. The molecule has 0 aliphatic rings. The van der Waals surface area contributed by atoms with Crippen LogP contribution in [0.2, 0.25) is 0 Å². The van der Waals surface area contributed by atoms with Gasteiger partial charge in [-0.05, 0) is 37.1 Å². The van der Waals surface area contributed by atoms with Gasteiger partial charge in [-0.1, -0.05) is 35.9 Å². The van der Waals surface area contributed by atoms with E-state index in [1.807, 2.05) is 36.4 Å². The Morgan fingerprint density at radius 3 is 2.68 bits per heavy atom. The van der Waals surface area contributed by atoms with Crippen molar-refractivity contribution in [2.75, 3.05) is 5.32 Å². The van der Waals surface area contributed by atoms with Gasteiger partial charge in [-0.25, -0.2) is 4.68 Å². The van der Waals surface area contributed by atoms with Crippen molar-refractivity contribution in [3.8, 4) is 0 Å². The molecule has 0 spiro atoms. The van der Waals surface area contributed by atoms with Gasteiger partial charge in [0.15, 0.2) is 5.82 Å². The smallest absolute Gasteiger partial charge is 0.277 e. The Bertz CT molecular complexity index is 1180. The van der Waals surface area contributed by atoms with E-state index in [0.29, 0.717) is 29.7 Å². The number of hydrogen-bond donors (Lipinski definition) is 2. The molecular weight excluding hydrogens is 356 g/mol. The van der Waals surface area contributed by atoms with E-state index in [1.165, 1.54) is 4.68 Å². The van der Waals surface area contributed by atoms with Crippen LogP contribution in [0.25, 0.3) is 21.8 Å². The summed E-state index contributed by atoms with van der Waals surface area (Å²) in [6.45, 7) is 0.488. The van der Waals surface area contributed by atoms with Crippen molar-refractivity contribution >= 4 is 33.5 Å². The maximum atomic E-state index is 12.4. The molecule has 0 aliphatic heterocycles. The van der Waals surface area contributed by atoms with Crippen LogP contribution >= 0.6 is 0 Å². The summed E-state index contributed by atoms with van der Waals surface area (Å²) in [4.78, 5) is 24.5. The van der Waals surface area contributed by atoms with Crippen molar-refractivity contribution in [2.24, 2.45) is 0 Å². The number of aromatic amines is 1. The first-order valence-corrected chi connectivity index (χ1v) is 9.28. The molecule has 0 aliphatic carbocycles. The Morgan fingerprint density at radius 2 is 1.79 bits per heavy atom. The number of amides is 1. The second-order valence-electron chi connectivity index (χ2n) is 6.61. The molecule has 2 heterocycles. The first kappa shape index (κ1) is 17.8. The van der Waals surface area contributed by atoms with E-state index in [-0.39, 0.29) is 11.5 Å². The van der Waals surface area contributed by atoms with Gasteiger partial charge in [0, 0.05) is 18.4 Å². The number of fused-ring (bicyclic) bond motifs is 2. The summed E-state index contributed by atoms with van der Waals surface area (Å²) in [5.41, 5.74) is 1.36. The second kappa shape index (κ2) is 7.99. The third-order valence-corrected chi connectivity index (χ3v) is 4.63. The lowest BCUT2D eigenvalue weighted by Crippen LogP contribution is -2.24. The van der Waals surface area contributed by atoms with E-state index in [4.69, 9.17) is 0 Å². The van der Waals surface area contributed by atoms with Gasteiger partial charge in [0.25, 0.3) is 5.56 Å². The average Bonchev–Trinajstić information content (AvgIpc) is 3.12. The van der Waals surface area contributed by atoms with Gasteiger partial charge < -0.3 is 5.32 Å². The summed E-state index contributed by atoms with van der Waals surface area (Å²) in [6, 6.07) is 14.8. The molecule has 0 radical (unpaired) electrons. The molecule has 142 valence electrons. The standard InChI is InChI=1S/C20H20N6O2/c27-18(21-19-14-8-3-5-10-16(14)22-24-19)12-2-1-7-13-26-20(28)15-9-4-6-11-17(15)23-25-26/h3-6,8-11H,1-2,7,12-13H2,(H2,21,22,24,27). The SMILES string of the molecule is O=C(CCCCCn1nnc2ccccc2c1=O)Nc1n[nH]c2ccccc12. The highest BCUT2D eigenvalue weighted by Crippen LogP contribution is 2.19. The number of aryl methyl sites for hydroxylation is 1. The van der Waals surface area contributed by atoms with Gasteiger partial charge in [-0.3, -0.25) is 14.7 Å². The minimum absolute atomic E-state index is 0.0695. The fourth-order valence-corrected chi connectivity index (χ4v) is 3.15. The van der Waals surface area contributed by atoms with Crippen LogP contribution in [0.4, 0.5) is 5.82 Å². The number of hydrogen-bond acceptors (Lipinski definition) is 5. The molecule has 4 aromatic rings. The molecule has 8 nitrogen and oxygen atoms in total. The predicted molar refractivity (Wildman–Crippen MR) is 107 cm³/mol. The maximum absolute atomic E-state index is 12.4. The molecule has 4 rings (SSSR count). The number of benzene rings is 2. The highest BCUT2D eigenvalue weighted by molar-refractivity contribution is 5.99. The number of aromatic nitrogens is 5. The fraction of sp³-hybridized carbons (Fsp3) is 0.250. The summed E-state index contributed by atoms with van der Waals surface area (Å²) in [6.07, 6.45) is 2.70. The predicted octanol–water partition coefficient (Wildman–Crippen LogP) is 2.87. The van der Waals surface area contributed by atoms with Crippen LogP contribution in [0, 0.1) is 0 Å². The molecule has 8 heteroatoms. The Balaban J connectivity index is 1.25. The number of H-pyrrole nitrogens is 1. The minimum Gasteiger partial charge on any atom is -0.309 e. The Labute approximate surface area is 160 Å². The van der Waals surface area contributed by atoms with Gasteiger partial charge in [0.1, 0.15) is 5.52 Å². The van der Waals surface area contributed by atoms with Gasteiger partial charge in [0.2, 0.25) is 5.91 Å². The molecule has 0 atom stereocenters. The van der Waals surface area contributed by atoms with E-state index < -0.39 is 0 Å². The van der Waals surface area contributed by atoms with Crippen LogP contribution in [-0.2, 0) is 11.3 Å². The monoisotopic (exact) mass is 376 g/mol. The van der Waals surface area contributed by atoms with Crippen molar-refractivity contribution in [1.29, 1.82) is 0 Å². The lowest BCUT2D eigenvalue weighted by molar-refractivity contribution is -0.116. The molecular formula is C20H20N6O2. The zero-order valence-electron chi connectivity index (χ0n) is 15.3. The summed E-state index contributed by atoms with van der Waals surface area (Å²) >= 11 is 0. The van der Waals surface area contributed by atoms with Gasteiger partial charge >= 0.3 is 0 Å². The van der Waals surface area contributed by atoms with Crippen LogP contribution < -0.4 is 10.9 Å². The van der Waals surface area contributed by atoms with E-state index in [2.05, 4.69) is 25.8 Å². The first-order chi connectivity index (χ1) is 13.7. The topological polar surface area (TPSA) is 106 Å². The zero-order valence-corrected chi connectivity index (χ0v) is 15.3. The van der Waals surface area contributed by atoms with Crippen molar-refractivity contribution in [3.05, 3.63) is 58.9 Å². The van der Waals surface area contributed by atoms with Gasteiger partial charge in [0.05, 0.1) is 10.9 Å². The van der Waals surface area contributed by atoms with Crippen molar-refractivity contribution in [3.63, 3.8) is 0 Å². The zero-order chi connectivity index (χ0) is 19.3. The van der Waals surface area contributed by atoms with Crippen LogP contribution in [0.3, 0.4) is 0 Å². The third-order valence-electron chi connectivity index (χ3n) is 4.63. The maximum Gasteiger partial charge on any atom is 0.277 e. The largest absolute Gasteiger partial charge is 0.309 e. The van der Waals surface area contributed by atoms with Crippen LogP contribution in [0.15, 0.2) is 53.3 Å². The molecule has 2 aromatic carbocycles. The molecule has 0 bridgehead atoms. The normalized spacial score (nSPS) is 11.1. The lowest BCUT2D eigenvalue weighted by atomic mass is 10.2. The Kier molecular flexibility index (Phi) is 5.09. The molecule has 0 unspecified atom stereocenters. The van der Waals surface area contributed by atoms with Crippen LogP contribution in [0.1, 0.15) is 25.7 Å². The van der Waals surface area contributed by atoms with Gasteiger partial charge in [-0.15, -0.1) is 5.10 Å². The summed E-state index contributed by atoms with van der Waals surface area (Å²) in [5, 5.41) is 19.4. The molecule has 2 aromatic heterocycles. The number of carbonyl (C=O) groups is 1. The average molecular weight is 376 g/mol. The molecule has 1 amide bonds. The third kappa shape index (κ3) is 3.75. The number of unbranched alkanes of at least 4 members (excludes halogenated alkanes) is 2. The number of anilines is 1. The number of nitrogens with zero attached hydrogens (tertiary/aromatic N) is 4. The summed E-state index contributed by atoms with van der Waals surface area (Å²) < 4.78 is 1.39. The number of para-hydroxylation sites is 1. The van der Waals surface area contributed by atoms with E-state index in [9.17, 15) is 9.59 Å². The summed E-state index contributed by atoms with van der Waals surface area (Å²) in [7, 11) is 0. The van der Waals surface area contributed by atoms with E-state index in [1.54, 1.807) is 12.1 Å². The number of carbonyl (C=O) groups excluding carboxylic acids is 1. The Morgan fingerprint density at radius 1 is 1.00 bits per heavy atom. The van der Waals surface area contributed by atoms with Crippen molar-refractivity contribution in [2.45, 2.75) is 32.2 Å². The second-order valence-corrected chi connectivity index (χ2v) is 6.61. The van der Waals surface area contributed by atoms with Crippen molar-refractivity contribution < 1.29 is 4.79 Å². The molecule has 2 N–H and O–H groups in total. The number of rotatable bonds is 7. The summed E-state index contributed by atoms with van der Waals surface area (Å²) in [5.74, 6) is 0.485. The van der Waals surface area contributed by atoms with Crippen LogP contribution in [0.5, 0.6) is 0 Å². The lowest BCUT2D eigenvalue weighted by Gasteiger charge is -2.05. The highest BCUT2D eigenvalue weighted by Gasteiger charge is 2.09.